The highest BCUT2D eigenvalue weighted by atomic mass is 16.4. The van der Waals surface area contributed by atoms with Gasteiger partial charge in [-0.1, -0.05) is 6.08 Å². The van der Waals surface area contributed by atoms with E-state index in [2.05, 4.69) is 11.7 Å². The minimum absolute atomic E-state index is 0.165. The first-order valence-electron chi connectivity index (χ1n) is 5.06. The van der Waals surface area contributed by atoms with Crippen LogP contribution in [-0.2, 0) is 17.8 Å². The molecule has 0 radical (unpaired) electrons. The van der Waals surface area contributed by atoms with E-state index in [1.807, 2.05) is 17.0 Å². The number of aromatic nitrogens is 2. The molecule has 0 spiro atoms. The lowest BCUT2D eigenvalue weighted by Crippen LogP contribution is -1.98. The summed E-state index contributed by atoms with van der Waals surface area (Å²) >= 11 is 0. The Hall–Kier alpha value is -1.58. The molecule has 0 aliphatic heterocycles. The summed E-state index contributed by atoms with van der Waals surface area (Å²) in [5.74, 6) is -0.769. The van der Waals surface area contributed by atoms with E-state index in [0.717, 1.165) is 24.9 Å². The number of carboxylic acid groups (broad SMARTS) is 1. The lowest BCUT2D eigenvalue weighted by Gasteiger charge is -1.97. The standard InChI is InChI=1S/C11H16N2O2/c1-2-3-4-7-13-9-10(8-12-13)5-6-11(14)15/h2,8-9H,1,3-7H2,(H,14,15). The van der Waals surface area contributed by atoms with Gasteiger partial charge in [0.2, 0.25) is 0 Å². The molecule has 4 nitrogen and oxygen atoms in total. The molecular formula is C11H16N2O2. The number of hydrogen-bond donors (Lipinski definition) is 1. The summed E-state index contributed by atoms with van der Waals surface area (Å²) in [6.45, 7) is 4.51. The maximum absolute atomic E-state index is 10.4. The summed E-state index contributed by atoms with van der Waals surface area (Å²) in [5.41, 5.74) is 0.982. The Bertz CT molecular complexity index is 331. The summed E-state index contributed by atoms with van der Waals surface area (Å²) in [7, 11) is 0. The monoisotopic (exact) mass is 208 g/mol. The van der Waals surface area contributed by atoms with Gasteiger partial charge in [0, 0.05) is 19.2 Å². The smallest absolute Gasteiger partial charge is 0.303 e. The topological polar surface area (TPSA) is 55.1 Å². The molecule has 0 saturated heterocycles. The molecule has 4 heteroatoms. The number of carbonyl (C=O) groups is 1. The van der Waals surface area contributed by atoms with Gasteiger partial charge in [0.05, 0.1) is 6.20 Å². The first-order valence-corrected chi connectivity index (χ1v) is 5.06. The Morgan fingerprint density at radius 2 is 2.47 bits per heavy atom. The molecule has 0 fully saturated rings. The first-order chi connectivity index (χ1) is 7.22. The summed E-state index contributed by atoms with van der Waals surface area (Å²) < 4.78 is 1.85. The van der Waals surface area contributed by atoms with Crippen LogP contribution in [0.5, 0.6) is 0 Å². The largest absolute Gasteiger partial charge is 0.481 e. The van der Waals surface area contributed by atoms with Gasteiger partial charge < -0.3 is 5.11 Å². The van der Waals surface area contributed by atoms with E-state index in [0.29, 0.717) is 6.42 Å². The van der Waals surface area contributed by atoms with Crippen molar-refractivity contribution >= 4 is 5.97 Å². The number of hydrogen-bond acceptors (Lipinski definition) is 2. The van der Waals surface area contributed by atoms with E-state index in [9.17, 15) is 4.79 Å². The predicted octanol–water partition coefficient (Wildman–Crippen LogP) is 1.87. The van der Waals surface area contributed by atoms with Crippen LogP contribution in [0.3, 0.4) is 0 Å². The minimum Gasteiger partial charge on any atom is -0.481 e. The third kappa shape index (κ3) is 4.44. The lowest BCUT2D eigenvalue weighted by atomic mass is 10.2. The molecule has 82 valence electrons. The average Bonchev–Trinajstić information content (AvgIpc) is 2.63. The van der Waals surface area contributed by atoms with Crippen molar-refractivity contribution in [2.24, 2.45) is 0 Å². The molecule has 1 rings (SSSR count). The van der Waals surface area contributed by atoms with Crippen LogP contribution in [0.1, 0.15) is 24.8 Å². The van der Waals surface area contributed by atoms with Gasteiger partial charge in [-0.2, -0.15) is 5.10 Å². The highest BCUT2D eigenvalue weighted by Crippen LogP contribution is 2.03. The third-order valence-corrected chi connectivity index (χ3v) is 2.11. The summed E-state index contributed by atoms with van der Waals surface area (Å²) in [5, 5.41) is 12.7. The second-order valence-corrected chi connectivity index (χ2v) is 3.44. The normalized spacial score (nSPS) is 10.1. The highest BCUT2D eigenvalue weighted by molar-refractivity contribution is 5.67. The molecule has 1 aromatic rings. The summed E-state index contributed by atoms with van der Waals surface area (Å²) in [6.07, 6.45) is 8.24. The van der Waals surface area contributed by atoms with Crippen LogP contribution >= 0.6 is 0 Å². The lowest BCUT2D eigenvalue weighted by molar-refractivity contribution is -0.136. The van der Waals surface area contributed by atoms with E-state index in [4.69, 9.17) is 5.11 Å². The van der Waals surface area contributed by atoms with Crippen molar-refractivity contribution in [3.63, 3.8) is 0 Å². The fourth-order valence-electron chi connectivity index (χ4n) is 1.31. The Balaban J connectivity index is 2.35. The SMILES string of the molecule is C=CCCCn1cc(CCC(=O)O)cn1. The van der Waals surface area contributed by atoms with Crippen LogP contribution in [-0.4, -0.2) is 20.9 Å². The maximum atomic E-state index is 10.4. The Morgan fingerprint density at radius 1 is 1.67 bits per heavy atom. The minimum atomic E-state index is -0.769. The van der Waals surface area contributed by atoms with E-state index in [-0.39, 0.29) is 6.42 Å². The molecule has 0 atom stereocenters. The number of unbranched alkanes of at least 4 members (excludes halogenated alkanes) is 1. The Morgan fingerprint density at radius 3 is 3.13 bits per heavy atom. The van der Waals surface area contributed by atoms with Crippen molar-refractivity contribution in [2.45, 2.75) is 32.2 Å². The Labute approximate surface area is 89.2 Å². The number of allylic oxidation sites excluding steroid dienone is 1. The van der Waals surface area contributed by atoms with Crippen LogP contribution in [0.2, 0.25) is 0 Å². The predicted molar refractivity (Wildman–Crippen MR) is 57.6 cm³/mol. The van der Waals surface area contributed by atoms with Crippen molar-refractivity contribution in [3.8, 4) is 0 Å². The zero-order chi connectivity index (χ0) is 11.1. The van der Waals surface area contributed by atoms with Crippen LogP contribution in [0.4, 0.5) is 0 Å². The zero-order valence-electron chi connectivity index (χ0n) is 8.72. The maximum Gasteiger partial charge on any atom is 0.303 e. The average molecular weight is 208 g/mol. The molecule has 0 bridgehead atoms. The van der Waals surface area contributed by atoms with Crippen LogP contribution in [0.15, 0.2) is 25.0 Å². The molecule has 0 unspecified atom stereocenters. The third-order valence-electron chi connectivity index (χ3n) is 2.11. The van der Waals surface area contributed by atoms with Gasteiger partial charge in [0.1, 0.15) is 0 Å². The number of aliphatic carboxylic acids is 1. The van der Waals surface area contributed by atoms with E-state index < -0.39 is 5.97 Å². The Kier molecular flexibility index (Phi) is 4.60. The molecule has 0 aliphatic rings. The molecule has 1 heterocycles. The van der Waals surface area contributed by atoms with Crippen molar-refractivity contribution in [2.75, 3.05) is 0 Å². The van der Waals surface area contributed by atoms with Gasteiger partial charge in [-0.3, -0.25) is 9.48 Å². The van der Waals surface area contributed by atoms with Gasteiger partial charge in [0.25, 0.3) is 0 Å². The first kappa shape index (κ1) is 11.5. The van der Waals surface area contributed by atoms with Crippen LogP contribution in [0, 0.1) is 0 Å². The van der Waals surface area contributed by atoms with Crippen LogP contribution < -0.4 is 0 Å². The van der Waals surface area contributed by atoms with E-state index >= 15 is 0 Å². The number of rotatable bonds is 7. The van der Waals surface area contributed by atoms with Crippen molar-refractivity contribution in [1.82, 2.24) is 9.78 Å². The molecule has 0 aromatic carbocycles. The second-order valence-electron chi connectivity index (χ2n) is 3.44. The quantitative estimate of drug-likeness (QED) is 0.549. The van der Waals surface area contributed by atoms with Crippen molar-refractivity contribution in [3.05, 3.63) is 30.6 Å². The number of nitrogens with zero attached hydrogens (tertiary/aromatic N) is 2. The van der Waals surface area contributed by atoms with Gasteiger partial charge >= 0.3 is 5.97 Å². The second kappa shape index (κ2) is 6.01. The molecular weight excluding hydrogens is 192 g/mol. The summed E-state index contributed by atoms with van der Waals surface area (Å²) in [4.78, 5) is 10.4. The van der Waals surface area contributed by atoms with Crippen LogP contribution in [0.25, 0.3) is 0 Å². The molecule has 1 N–H and O–H groups in total. The van der Waals surface area contributed by atoms with E-state index in [1.165, 1.54) is 0 Å². The van der Waals surface area contributed by atoms with E-state index in [1.54, 1.807) is 6.20 Å². The molecule has 1 aromatic heterocycles. The number of carboxylic acids is 1. The number of aryl methyl sites for hydroxylation is 2. The zero-order valence-corrected chi connectivity index (χ0v) is 8.72. The van der Waals surface area contributed by atoms with Gasteiger partial charge in [-0.15, -0.1) is 6.58 Å². The molecule has 0 saturated carbocycles. The van der Waals surface area contributed by atoms with Gasteiger partial charge in [-0.05, 0) is 24.8 Å². The van der Waals surface area contributed by atoms with Gasteiger partial charge in [0.15, 0.2) is 0 Å². The molecule has 15 heavy (non-hydrogen) atoms. The van der Waals surface area contributed by atoms with Crippen molar-refractivity contribution in [1.29, 1.82) is 0 Å². The fourth-order valence-corrected chi connectivity index (χ4v) is 1.31. The van der Waals surface area contributed by atoms with Crippen molar-refractivity contribution < 1.29 is 9.90 Å². The van der Waals surface area contributed by atoms with Gasteiger partial charge in [-0.25, -0.2) is 0 Å². The summed E-state index contributed by atoms with van der Waals surface area (Å²) in [6, 6.07) is 0. The highest BCUT2D eigenvalue weighted by Gasteiger charge is 2.01. The molecule has 0 aliphatic carbocycles. The molecule has 0 amide bonds. The fraction of sp³-hybridized carbons (Fsp3) is 0.455.